The summed E-state index contributed by atoms with van der Waals surface area (Å²) in [5.41, 5.74) is 1.47. The lowest BCUT2D eigenvalue weighted by Gasteiger charge is -2.17. The van der Waals surface area contributed by atoms with Gasteiger partial charge in [-0.15, -0.1) is 0 Å². The fraction of sp³-hybridized carbons (Fsp3) is 0.348. The van der Waals surface area contributed by atoms with Gasteiger partial charge in [0, 0.05) is 32.2 Å². The molecule has 10 heteroatoms. The largest absolute Gasteiger partial charge is 0.482 e. The highest BCUT2D eigenvalue weighted by Gasteiger charge is 2.21. The molecule has 0 aliphatic carbocycles. The van der Waals surface area contributed by atoms with Gasteiger partial charge >= 0.3 is 12.6 Å². The van der Waals surface area contributed by atoms with E-state index >= 15 is 0 Å². The zero-order valence-electron chi connectivity index (χ0n) is 18.0. The molecule has 0 aromatic heterocycles. The smallest absolute Gasteiger partial charge is 0.387 e. The second-order valence-electron chi connectivity index (χ2n) is 7.36. The van der Waals surface area contributed by atoms with Gasteiger partial charge in [0.15, 0.2) is 13.2 Å². The van der Waals surface area contributed by atoms with E-state index < -0.39 is 25.1 Å². The Labute approximate surface area is 189 Å². The fourth-order valence-corrected chi connectivity index (χ4v) is 3.22. The van der Waals surface area contributed by atoms with E-state index in [0.717, 1.165) is 12.1 Å². The first-order valence-corrected chi connectivity index (χ1v) is 10.3. The van der Waals surface area contributed by atoms with Gasteiger partial charge in [0.25, 0.3) is 5.91 Å². The summed E-state index contributed by atoms with van der Waals surface area (Å²) in [6.45, 7) is -2.84. The van der Waals surface area contributed by atoms with Crippen molar-refractivity contribution in [2.24, 2.45) is 0 Å². The van der Waals surface area contributed by atoms with Crippen LogP contribution in [0.15, 0.2) is 48.5 Å². The van der Waals surface area contributed by atoms with Crippen LogP contribution in [0.25, 0.3) is 0 Å². The van der Waals surface area contributed by atoms with Crippen LogP contribution >= 0.6 is 0 Å². The van der Waals surface area contributed by atoms with Gasteiger partial charge in [0.2, 0.25) is 5.91 Å². The van der Waals surface area contributed by atoms with E-state index in [9.17, 15) is 23.2 Å². The number of esters is 1. The van der Waals surface area contributed by atoms with Crippen LogP contribution in [0.1, 0.15) is 18.4 Å². The summed E-state index contributed by atoms with van der Waals surface area (Å²) in [4.78, 5) is 38.9. The molecule has 1 aliphatic heterocycles. The van der Waals surface area contributed by atoms with Gasteiger partial charge < -0.3 is 24.0 Å². The number of carbonyl (C=O) groups excluding carboxylic acids is 3. The first kappa shape index (κ1) is 24.0. The van der Waals surface area contributed by atoms with E-state index in [0.29, 0.717) is 24.3 Å². The van der Waals surface area contributed by atoms with Gasteiger partial charge in [-0.2, -0.15) is 8.78 Å². The average molecular weight is 462 g/mol. The molecule has 2 aromatic carbocycles. The van der Waals surface area contributed by atoms with Crippen molar-refractivity contribution in [3.63, 3.8) is 0 Å². The number of rotatable bonds is 10. The van der Waals surface area contributed by atoms with Crippen molar-refractivity contribution in [2.75, 3.05) is 31.7 Å². The quantitative estimate of drug-likeness (QED) is 0.505. The number of alkyl halides is 2. The van der Waals surface area contributed by atoms with Crippen LogP contribution in [0.4, 0.5) is 14.5 Å². The second-order valence-corrected chi connectivity index (χ2v) is 7.36. The molecule has 2 amide bonds. The van der Waals surface area contributed by atoms with E-state index in [1.165, 1.54) is 24.1 Å². The fourth-order valence-electron chi connectivity index (χ4n) is 3.22. The second kappa shape index (κ2) is 11.3. The standard InChI is InChI=1S/C23H24F2N2O6/c1-26(13-16-4-8-19(9-5-16)33-23(24)25)21(29)14-32-22(30)15-31-18-10-6-17(7-11-18)27-12-2-3-20(27)28/h4-11,23H,2-3,12-15H2,1H3. The Kier molecular flexibility index (Phi) is 8.17. The Bertz CT molecular complexity index is 966. The van der Waals surface area contributed by atoms with Crippen molar-refractivity contribution >= 4 is 23.5 Å². The number of likely N-dealkylation sites (N-methyl/N-ethyl adjacent to an activating group) is 1. The maximum Gasteiger partial charge on any atom is 0.387 e. The summed E-state index contributed by atoms with van der Waals surface area (Å²) in [6.07, 6.45) is 1.37. The highest BCUT2D eigenvalue weighted by Crippen LogP contribution is 2.24. The SMILES string of the molecule is CN(Cc1ccc(OC(F)F)cc1)C(=O)COC(=O)COc1ccc(N2CCCC2=O)cc1. The molecule has 33 heavy (non-hydrogen) atoms. The van der Waals surface area contributed by atoms with E-state index in [4.69, 9.17) is 9.47 Å². The molecule has 3 rings (SSSR count). The summed E-state index contributed by atoms with van der Waals surface area (Å²) in [7, 11) is 1.53. The average Bonchev–Trinajstić information content (AvgIpc) is 3.23. The van der Waals surface area contributed by atoms with Crippen LogP contribution in [0.5, 0.6) is 11.5 Å². The molecule has 176 valence electrons. The number of nitrogens with zero attached hydrogens (tertiary/aromatic N) is 2. The minimum absolute atomic E-state index is 0.0239. The van der Waals surface area contributed by atoms with Crippen molar-refractivity contribution in [3.8, 4) is 11.5 Å². The van der Waals surface area contributed by atoms with Crippen LogP contribution in [-0.2, 0) is 25.7 Å². The normalized spacial score (nSPS) is 13.2. The number of halogens is 2. The van der Waals surface area contributed by atoms with Crippen LogP contribution in [0, 0.1) is 0 Å². The van der Waals surface area contributed by atoms with E-state index in [-0.39, 0.29) is 24.8 Å². The molecule has 1 saturated heterocycles. The van der Waals surface area contributed by atoms with Crippen LogP contribution < -0.4 is 14.4 Å². The number of amides is 2. The molecule has 1 aliphatic rings. The topological polar surface area (TPSA) is 85.4 Å². The minimum Gasteiger partial charge on any atom is -0.482 e. The third-order valence-corrected chi connectivity index (χ3v) is 4.93. The number of ether oxygens (including phenoxy) is 3. The molecule has 0 saturated carbocycles. The lowest BCUT2D eigenvalue weighted by atomic mass is 10.2. The zero-order chi connectivity index (χ0) is 23.8. The van der Waals surface area contributed by atoms with Crippen molar-refractivity contribution in [2.45, 2.75) is 26.0 Å². The Balaban J connectivity index is 1.38. The molecular formula is C23H24F2N2O6. The highest BCUT2D eigenvalue weighted by atomic mass is 19.3. The molecule has 8 nitrogen and oxygen atoms in total. The Hall–Kier alpha value is -3.69. The number of anilines is 1. The zero-order valence-corrected chi connectivity index (χ0v) is 18.0. The third kappa shape index (κ3) is 7.16. The molecule has 2 aromatic rings. The van der Waals surface area contributed by atoms with Gasteiger partial charge in [-0.25, -0.2) is 4.79 Å². The summed E-state index contributed by atoms with van der Waals surface area (Å²) in [5.74, 6) is -0.597. The molecule has 0 bridgehead atoms. The molecular weight excluding hydrogens is 438 g/mol. The van der Waals surface area contributed by atoms with Gasteiger partial charge in [0.1, 0.15) is 11.5 Å². The third-order valence-electron chi connectivity index (χ3n) is 4.93. The summed E-state index contributed by atoms with van der Waals surface area (Å²) in [5, 5.41) is 0. The molecule has 0 spiro atoms. The minimum atomic E-state index is -2.90. The van der Waals surface area contributed by atoms with E-state index in [2.05, 4.69) is 4.74 Å². The Morgan fingerprint density at radius 3 is 2.30 bits per heavy atom. The van der Waals surface area contributed by atoms with Crippen LogP contribution in [-0.4, -0.2) is 56.1 Å². The van der Waals surface area contributed by atoms with Crippen molar-refractivity contribution in [1.29, 1.82) is 0 Å². The maximum absolute atomic E-state index is 12.2. The van der Waals surface area contributed by atoms with Crippen LogP contribution in [0.2, 0.25) is 0 Å². The summed E-state index contributed by atoms with van der Waals surface area (Å²) >= 11 is 0. The van der Waals surface area contributed by atoms with Gasteiger partial charge in [-0.3, -0.25) is 9.59 Å². The van der Waals surface area contributed by atoms with Crippen molar-refractivity contribution in [3.05, 3.63) is 54.1 Å². The summed E-state index contributed by atoms with van der Waals surface area (Å²) in [6, 6.07) is 12.7. The number of hydrogen-bond acceptors (Lipinski definition) is 6. The first-order chi connectivity index (χ1) is 15.8. The number of hydrogen-bond donors (Lipinski definition) is 0. The highest BCUT2D eigenvalue weighted by molar-refractivity contribution is 5.95. The molecule has 0 radical (unpaired) electrons. The monoisotopic (exact) mass is 462 g/mol. The molecule has 1 fully saturated rings. The molecule has 0 N–H and O–H groups in total. The Morgan fingerprint density at radius 2 is 1.70 bits per heavy atom. The summed E-state index contributed by atoms with van der Waals surface area (Å²) < 4.78 is 39.0. The molecule has 0 atom stereocenters. The van der Waals surface area contributed by atoms with Gasteiger partial charge in [-0.1, -0.05) is 12.1 Å². The van der Waals surface area contributed by atoms with Crippen molar-refractivity contribution in [1.82, 2.24) is 4.90 Å². The Morgan fingerprint density at radius 1 is 1.03 bits per heavy atom. The number of carbonyl (C=O) groups is 3. The lowest BCUT2D eigenvalue weighted by Crippen LogP contribution is -2.31. The first-order valence-electron chi connectivity index (χ1n) is 10.3. The van der Waals surface area contributed by atoms with Crippen molar-refractivity contribution < 1.29 is 37.4 Å². The molecule has 1 heterocycles. The van der Waals surface area contributed by atoms with E-state index in [1.807, 2.05) is 0 Å². The number of benzene rings is 2. The predicted molar refractivity (Wildman–Crippen MR) is 114 cm³/mol. The molecule has 0 unspecified atom stereocenters. The van der Waals surface area contributed by atoms with Gasteiger partial charge in [0.05, 0.1) is 0 Å². The predicted octanol–water partition coefficient (Wildman–Crippen LogP) is 3.00. The maximum atomic E-state index is 12.2. The van der Waals surface area contributed by atoms with Crippen LogP contribution in [0.3, 0.4) is 0 Å². The van der Waals surface area contributed by atoms with Gasteiger partial charge in [-0.05, 0) is 48.4 Å². The van der Waals surface area contributed by atoms with E-state index in [1.54, 1.807) is 41.3 Å². The lowest BCUT2D eigenvalue weighted by molar-refractivity contribution is -0.153.